The molecule has 0 radical (unpaired) electrons. The maximum absolute atomic E-state index is 12.4. The Morgan fingerprint density at radius 2 is 2.08 bits per heavy atom. The zero-order valence-electron chi connectivity index (χ0n) is 15.2. The summed E-state index contributed by atoms with van der Waals surface area (Å²) in [6, 6.07) is 9.56. The van der Waals surface area contributed by atoms with E-state index in [0.29, 0.717) is 17.5 Å². The van der Waals surface area contributed by atoms with Gasteiger partial charge in [0.1, 0.15) is 5.75 Å². The largest absolute Gasteiger partial charge is 0.496 e. The highest BCUT2D eigenvalue weighted by atomic mass is 32.2. The summed E-state index contributed by atoms with van der Waals surface area (Å²) >= 11 is 1.31. The number of nitrogens with zero attached hydrogens (tertiary/aromatic N) is 4. The number of nitrogens with one attached hydrogen (secondary N) is 1. The lowest BCUT2D eigenvalue weighted by Crippen LogP contribution is -2.30. The molecule has 1 N–H and O–H groups in total. The van der Waals surface area contributed by atoms with Gasteiger partial charge in [-0.15, -0.1) is 5.10 Å². The van der Waals surface area contributed by atoms with Crippen LogP contribution in [-0.2, 0) is 11.3 Å². The van der Waals surface area contributed by atoms with Gasteiger partial charge < -0.3 is 10.1 Å². The number of aryl methyl sites for hydroxylation is 2. The number of hydrogen-bond donors (Lipinski definition) is 1. The minimum Gasteiger partial charge on any atom is -0.496 e. The highest BCUT2D eigenvalue weighted by molar-refractivity contribution is 8.00. The number of benzene rings is 1. The van der Waals surface area contributed by atoms with Crippen LogP contribution in [0.1, 0.15) is 23.9 Å². The maximum Gasteiger partial charge on any atom is 0.253 e. The predicted molar refractivity (Wildman–Crippen MR) is 100 cm³/mol. The molecule has 0 aliphatic heterocycles. The van der Waals surface area contributed by atoms with E-state index in [1.807, 2.05) is 51.1 Å². The van der Waals surface area contributed by atoms with Crippen molar-refractivity contribution in [3.63, 3.8) is 0 Å². The summed E-state index contributed by atoms with van der Waals surface area (Å²) in [5, 5.41) is 7.56. The topological polar surface area (TPSA) is 81.4 Å². The van der Waals surface area contributed by atoms with Crippen LogP contribution in [0.3, 0.4) is 0 Å². The lowest BCUT2D eigenvalue weighted by atomic mass is 10.2. The molecule has 1 amide bonds. The second-order valence-corrected chi connectivity index (χ2v) is 7.24. The van der Waals surface area contributed by atoms with Crippen molar-refractivity contribution in [2.45, 2.75) is 37.7 Å². The van der Waals surface area contributed by atoms with Crippen LogP contribution in [0.2, 0.25) is 0 Å². The van der Waals surface area contributed by atoms with Crippen molar-refractivity contribution in [2.75, 3.05) is 7.11 Å². The first-order valence-corrected chi connectivity index (χ1v) is 9.13. The number of carbonyl (C=O) groups excluding carboxylic acids is 1. The molecule has 26 heavy (non-hydrogen) atoms. The summed E-state index contributed by atoms with van der Waals surface area (Å²) < 4.78 is 6.99. The molecule has 136 valence electrons. The van der Waals surface area contributed by atoms with Crippen LogP contribution < -0.4 is 10.1 Å². The van der Waals surface area contributed by atoms with E-state index in [1.54, 1.807) is 11.6 Å². The van der Waals surface area contributed by atoms with Gasteiger partial charge in [0.2, 0.25) is 11.1 Å². The van der Waals surface area contributed by atoms with Crippen molar-refractivity contribution in [3.8, 4) is 5.75 Å². The molecule has 2 aromatic heterocycles. The Bertz CT molecular complexity index is 940. The van der Waals surface area contributed by atoms with Gasteiger partial charge in [-0.2, -0.15) is 4.98 Å². The standard InChI is InChI=1S/C18H21N5O2S/c1-11-9-12(2)23-17(20-11)21-18(22-23)26-13(3)16(24)19-10-14-7-5-6-8-15(14)25-4/h5-9,13H,10H2,1-4H3,(H,19,24)/t13-/m0/s1. The highest BCUT2D eigenvalue weighted by Crippen LogP contribution is 2.21. The molecule has 8 heteroatoms. The normalized spacial score (nSPS) is 12.2. The van der Waals surface area contributed by atoms with Gasteiger partial charge in [-0.1, -0.05) is 30.0 Å². The number of para-hydroxylation sites is 1. The molecule has 0 bridgehead atoms. The van der Waals surface area contributed by atoms with E-state index in [-0.39, 0.29) is 11.2 Å². The van der Waals surface area contributed by atoms with Gasteiger partial charge in [-0.25, -0.2) is 9.50 Å². The summed E-state index contributed by atoms with van der Waals surface area (Å²) in [5.74, 6) is 1.22. The Kier molecular flexibility index (Phi) is 5.41. The molecule has 0 aliphatic carbocycles. The fourth-order valence-corrected chi connectivity index (χ4v) is 3.35. The average Bonchev–Trinajstić information content (AvgIpc) is 3.02. The van der Waals surface area contributed by atoms with Crippen molar-refractivity contribution in [2.24, 2.45) is 0 Å². The zero-order valence-corrected chi connectivity index (χ0v) is 16.0. The number of rotatable bonds is 6. The van der Waals surface area contributed by atoms with E-state index in [2.05, 4.69) is 20.4 Å². The molecule has 3 aromatic rings. The van der Waals surface area contributed by atoms with E-state index in [1.165, 1.54) is 11.8 Å². The fraction of sp³-hybridized carbons (Fsp3) is 0.333. The Hall–Kier alpha value is -2.61. The molecule has 1 atom stereocenters. The van der Waals surface area contributed by atoms with Gasteiger partial charge >= 0.3 is 0 Å². The van der Waals surface area contributed by atoms with Crippen LogP contribution in [0.15, 0.2) is 35.5 Å². The number of ether oxygens (including phenoxy) is 1. The summed E-state index contributed by atoms with van der Waals surface area (Å²) in [6.07, 6.45) is 0. The lowest BCUT2D eigenvalue weighted by Gasteiger charge is -2.12. The third-order valence-corrected chi connectivity index (χ3v) is 4.85. The molecule has 7 nitrogen and oxygen atoms in total. The number of carbonyl (C=O) groups is 1. The van der Waals surface area contributed by atoms with Crippen LogP contribution in [-0.4, -0.2) is 37.8 Å². The van der Waals surface area contributed by atoms with Crippen LogP contribution >= 0.6 is 11.8 Å². The first-order valence-electron chi connectivity index (χ1n) is 8.25. The number of aromatic nitrogens is 4. The minimum atomic E-state index is -0.330. The lowest BCUT2D eigenvalue weighted by molar-refractivity contribution is -0.120. The molecule has 0 saturated carbocycles. The van der Waals surface area contributed by atoms with Crippen molar-refractivity contribution in [3.05, 3.63) is 47.3 Å². The van der Waals surface area contributed by atoms with Gasteiger partial charge in [0.25, 0.3) is 5.78 Å². The number of methoxy groups -OCH3 is 1. The Morgan fingerprint density at radius 1 is 1.31 bits per heavy atom. The quantitative estimate of drug-likeness (QED) is 0.671. The van der Waals surface area contributed by atoms with E-state index in [9.17, 15) is 4.79 Å². The van der Waals surface area contributed by atoms with Crippen LogP contribution in [0, 0.1) is 13.8 Å². The summed E-state index contributed by atoms with van der Waals surface area (Å²) in [5.41, 5.74) is 2.78. The molecule has 1 aromatic carbocycles. The third kappa shape index (κ3) is 3.96. The van der Waals surface area contributed by atoms with Gasteiger partial charge in [0.15, 0.2) is 0 Å². The second kappa shape index (κ2) is 7.74. The molecule has 0 aliphatic rings. The third-order valence-electron chi connectivity index (χ3n) is 3.90. The van der Waals surface area contributed by atoms with Gasteiger partial charge in [0.05, 0.1) is 12.4 Å². The zero-order chi connectivity index (χ0) is 18.7. The minimum absolute atomic E-state index is 0.0828. The number of hydrogen-bond acceptors (Lipinski definition) is 6. The van der Waals surface area contributed by atoms with Gasteiger partial charge in [-0.3, -0.25) is 4.79 Å². The van der Waals surface area contributed by atoms with Crippen molar-refractivity contribution in [1.29, 1.82) is 0 Å². The molecule has 0 saturated heterocycles. The van der Waals surface area contributed by atoms with Crippen LogP contribution in [0.5, 0.6) is 5.75 Å². The highest BCUT2D eigenvalue weighted by Gasteiger charge is 2.18. The van der Waals surface area contributed by atoms with Crippen LogP contribution in [0.25, 0.3) is 5.78 Å². The maximum atomic E-state index is 12.4. The van der Waals surface area contributed by atoms with Gasteiger partial charge in [-0.05, 0) is 32.9 Å². The fourth-order valence-electron chi connectivity index (χ4n) is 2.58. The molecule has 2 heterocycles. The van der Waals surface area contributed by atoms with E-state index in [0.717, 1.165) is 22.7 Å². The SMILES string of the molecule is COc1ccccc1CNC(=O)[C@H](C)Sc1nc2nc(C)cc(C)n2n1. The monoisotopic (exact) mass is 371 g/mol. The Labute approximate surface area is 156 Å². The van der Waals surface area contributed by atoms with Crippen molar-refractivity contribution in [1.82, 2.24) is 24.9 Å². The van der Waals surface area contributed by atoms with E-state index >= 15 is 0 Å². The first kappa shape index (κ1) is 18.2. The molecule has 0 unspecified atom stereocenters. The smallest absolute Gasteiger partial charge is 0.253 e. The number of fused-ring (bicyclic) bond motifs is 1. The second-order valence-electron chi connectivity index (χ2n) is 5.93. The van der Waals surface area contributed by atoms with Gasteiger partial charge in [0, 0.05) is 23.5 Å². The van der Waals surface area contributed by atoms with E-state index in [4.69, 9.17) is 4.74 Å². The molecule has 3 rings (SSSR count). The summed E-state index contributed by atoms with van der Waals surface area (Å²) in [7, 11) is 1.62. The van der Waals surface area contributed by atoms with Crippen molar-refractivity contribution < 1.29 is 9.53 Å². The average molecular weight is 371 g/mol. The molecular weight excluding hydrogens is 350 g/mol. The molecule has 0 fully saturated rings. The summed E-state index contributed by atoms with van der Waals surface area (Å²) in [4.78, 5) is 21.2. The summed E-state index contributed by atoms with van der Waals surface area (Å²) in [6.45, 7) is 6.11. The molecule has 0 spiro atoms. The Morgan fingerprint density at radius 3 is 2.85 bits per heavy atom. The number of thioether (sulfide) groups is 1. The number of amides is 1. The Balaban J connectivity index is 1.65. The predicted octanol–water partition coefficient (Wildman–Crippen LogP) is 2.55. The van der Waals surface area contributed by atoms with Crippen LogP contribution in [0.4, 0.5) is 0 Å². The first-order chi connectivity index (χ1) is 12.5. The van der Waals surface area contributed by atoms with Crippen molar-refractivity contribution >= 4 is 23.4 Å². The molecular formula is C18H21N5O2S. The van der Waals surface area contributed by atoms with E-state index < -0.39 is 0 Å².